The second-order valence-corrected chi connectivity index (χ2v) is 7.38. The summed E-state index contributed by atoms with van der Waals surface area (Å²) in [5, 5.41) is 9.37. The molecule has 0 amide bonds. The molecule has 0 aliphatic carbocycles. The van der Waals surface area contributed by atoms with E-state index in [-0.39, 0.29) is 17.0 Å². The Morgan fingerprint density at radius 2 is 2.04 bits per heavy atom. The van der Waals surface area contributed by atoms with Crippen molar-refractivity contribution in [3.8, 4) is 5.75 Å². The van der Waals surface area contributed by atoms with Crippen LogP contribution in [0, 0.1) is 5.82 Å². The molecule has 26 heavy (non-hydrogen) atoms. The summed E-state index contributed by atoms with van der Waals surface area (Å²) in [6.45, 7) is 3.60. The van der Waals surface area contributed by atoms with E-state index in [1.54, 1.807) is 4.57 Å². The molecule has 2 aromatic rings. The van der Waals surface area contributed by atoms with Gasteiger partial charge in [0.25, 0.3) is 0 Å². The van der Waals surface area contributed by atoms with Crippen LogP contribution < -0.4 is 15.1 Å². The fourth-order valence-electron chi connectivity index (χ4n) is 4.34. The van der Waals surface area contributed by atoms with E-state index in [2.05, 4.69) is 11.9 Å². The zero-order valence-corrected chi connectivity index (χ0v) is 14.4. The van der Waals surface area contributed by atoms with Gasteiger partial charge in [-0.3, -0.25) is 9.69 Å². The number of hydrogen-bond donors (Lipinski definition) is 1. The van der Waals surface area contributed by atoms with Gasteiger partial charge in [-0.15, -0.1) is 0 Å². The van der Waals surface area contributed by atoms with Crippen molar-refractivity contribution < 1.29 is 19.0 Å². The van der Waals surface area contributed by atoms with Gasteiger partial charge < -0.3 is 19.3 Å². The summed E-state index contributed by atoms with van der Waals surface area (Å²) in [7, 11) is 2.05. The van der Waals surface area contributed by atoms with Gasteiger partial charge in [0.15, 0.2) is 11.6 Å². The number of aromatic carboxylic acids is 1. The lowest BCUT2D eigenvalue weighted by Gasteiger charge is -2.31. The summed E-state index contributed by atoms with van der Waals surface area (Å²) in [6.07, 6.45) is 1.35. The van der Waals surface area contributed by atoms with E-state index in [4.69, 9.17) is 4.74 Å². The maximum absolute atomic E-state index is 15.0. The van der Waals surface area contributed by atoms with Gasteiger partial charge in [-0.25, -0.2) is 9.18 Å². The van der Waals surface area contributed by atoms with E-state index in [1.807, 2.05) is 11.8 Å². The standard InChI is InChI=1S/C18H18FN3O4/c1-8-7-26-17-14-9(16(23)10(18(24)25)4-22(8)14)3-11(19)15(17)21-5-12-13(6-21)20(12)2/h3-4,8,12-13H,5-7H2,1-2H3,(H,24,25). The maximum Gasteiger partial charge on any atom is 0.341 e. The van der Waals surface area contributed by atoms with Crippen molar-refractivity contribution in [3.05, 3.63) is 33.9 Å². The first-order valence-electron chi connectivity index (χ1n) is 8.62. The predicted octanol–water partition coefficient (Wildman–Crippen LogP) is 1.29. The van der Waals surface area contributed by atoms with Gasteiger partial charge in [-0.1, -0.05) is 0 Å². The summed E-state index contributed by atoms with van der Waals surface area (Å²) in [5.74, 6) is -1.51. The molecule has 5 rings (SSSR count). The Kier molecular flexibility index (Phi) is 2.99. The SMILES string of the molecule is CC1COc2c(N3CC4C(C3)N4C)c(F)cc3c(=O)c(C(=O)O)cn1c23. The molecule has 3 aliphatic heterocycles. The minimum absolute atomic E-state index is 0.0502. The Labute approximate surface area is 148 Å². The number of benzene rings is 1. The number of carboxylic acids is 1. The Hall–Kier alpha value is -2.61. The second-order valence-electron chi connectivity index (χ2n) is 7.38. The largest absolute Gasteiger partial charge is 0.487 e. The van der Waals surface area contributed by atoms with Crippen molar-refractivity contribution in [1.29, 1.82) is 0 Å². The first kappa shape index (κ1) is 15.6. The second kappa shape index (κ2) is 4.97. The van der Waals surface area contributed by atoms with Crippen LogP contribution in [0.1, 0.15) is 23.3 Å². The number of nitrogens with zero attached hydrogens (tertiary/aromatic N) is 3. The zero-order chi connectivity index (χ0) is 18.3. The van der Waals surface area contributed by atoms with Crippen LogP contribution in [-0.4, -0.2) is 59.4 Å². The minimum Gasteiger partial charge on any atom is -0.487 e. The number of aromatic nitrogens is 1. The van der Waals surface area contributed by atoms with Crippen molar-refractivity contribution in [3.63, 3.8) is 0 Å². The molecule has 3 atom stereocenters. The molecule has 0 bridgehead atoms. The summed E-state index contributed by atoms with van der Waals surface area (Å²) in [5.41, 5.74) is -0.184. The van der Waals surface area contributed by atoms with E-state index < -0.39 is 17.2 Å². The van der Waals surface area contributed by atoms with Crippen LogP contribution in [0.4, 0.5) is 10.1 Å². The number of halogens is 1. The molecule has 7 nitrogen and oxygen atoms in total. The Balaban J connectivity index is 1.77. The lowest BCUT2D eigenvalue weighted by atomic mass is 10.1. The van der Waals surface area contributed by atoms with Gasteiger partial charge in [0, 0.05) is 31.4 Å². The lowest BCUT2D eigenvalue weighted by Crippen LogP contribution is -2.32. The fourth-order valence-corrected chi connectivity index (χ4v) is 4.34. The normalized spacial score (nSPS) is 28.8. The highest BCUT2D eigenvalue weighted by Gasteiger charge is 2.52. The van der Waals surface area contributed by atoms with E-state index in [0.29, 0.717) is 48.7 Å². The average Bonchev–Trinajstić information content (AvgIpc) is 3.01. The van der Waals surface area contributed by atoms with E-state index in [0.717, 1.165) is 6.07 Å². The number of fused-ring (bicyclic) bond motifs is 1. The zero-order valence-electron chi connectivity index (χ0n) is 14.4. The third-order valence-electron chi connectivity index (χ3n) is 5.90. The molecule has 0 spiro atoms. The minimum atomic E-state index is -1.31. The number of rotatable bonds is 2. The van der Waals surface area contributed by atoms with Crippen LogP contribution in [0.25, 0.3) is 10.9 Å². The molecule has 0 saturated carbocycles. The van der Waals surface area contributed by atoms with Crippen molar-refractivity contribution in [2.75, 3.05) is 31.6 Å². The van der Waals surface area contributed by atoms with Crippen LogP contribution >= 0.6 is 0 Å². The van der Waals surface area contributed by atoms with Gasteiger partial charge in [-0.2, -0.15) is 0 Å². The first-order chi connectivity index (χ1) is 12.4. The molecule has 1 aromatic carbocycles. The van der Waals surface area contributed by atoms with E-state index in [1.165, 1.54) is 6.20 Å². The monoisotopic (exact) mass is 359 g/mol. The van der Waals surface area contributed by atoms with Crippen LogP contribution in [0.5, 0.6) is 5.75 Å². The van der Waals surface area contributed by atoms with Gasteiger partial charge in [0.05, 0.1) is 16.9 Å². The summed E-state index contributed by atoms with van der Waals surface area (Å²) in [4.78, 5) is 28.2. The number of anilines is 1. The van der Waals surface area contributed by atoms with Crippen molar-refractivity contribution in [2.45, 2.75) is 25.0 Å². The number of pyridine rings is 1. The summed E-state index contributed by atoms with van der Waals surface area (Å²) >= 11 is 0. The van der Waals surface area contributed by atoms with Crippen LogP contribution in [0.2, 0.25) is 0 Å². The number of likely N-dealkylation sites (N-methyl/N-ethyl adjacent to an activating group) is 1. The summed E-state index contributed by atoms with van der Waals surface area (Å²) < 4.78 is 22.6. The molecule has 136 valence electrons. The molecule has 1 aromatic heterocycles. The molecule has 3 unspecified atom stereocenters. The van der Waals surface area contributed by atoms with Crippen molar-refractivity contribution in [2.24, 2.45) is 0 Å². The fraction of sp³-hybridized carbons (Fsp3) is 0.444. The van der Waals surface area contributed by atoms with Crippen LogP contribution in [0.3, 0.4) is 0 Å². The first-order valence-corrected chi connectivity index (χ1v) is 8.62. The summed E-state index contributed by atoms with van der Waals surface area (Å²) in [6, 6.07) is 1.86. The molecule has 2 fully saturated rings. The van der Waals surface area contributed by atoms with Gasteiger partial charge >= 0.3 is 5.97 Å². The molecule has 1 N–H and O–H groups in total. The predicted molar refractivity (Wildman–Crippen MR) is 92.9 cm³/mol. The lowest BCUT2D eigenvalue weighted by molar-refractivity contribution is 0.0694. The topological polar surface area (TPSA) is 74.8 Å². The highest BCUT2D eigenvalue weighted by molar-refractivity contribution is 5.97. The van der Waals surface area contributed by atoms with Crippen molar-refractivity contribution >= 4 is 22.6 Å². The van der Waals surface area contributed by atoms with Gasteiger partial charge in [0.2, 0.25) is 5.43 Å². The van der Waals surface area contributed by atoms with E-state index >= 15 is 0 Å². The Morgan fingerprint density at radius 1 is 1.35 bits per heavy atom. The van der Waals surface area contributed by atoms with Gasteiger partial charge in [0.1, 0.15) is 17.9 Å². The van der Waals surface area contributed by atoms with Crippen molar-refractivity contribution in [1.82, 2.24) is 9.47 Å². The Bertz CT molecular complexity index is 1020. The highest BCUT2D eigenvalue weighted by atomic mass is 19.1. The number of piperazine rings is 1. The smallest absolute Gasteiger partial charge is 0.341 e. The Morgan fingerprint density at radius 3 is 2.69 bits per heavy atom. The number of hydrogen-bond acceptors (Lipinski definition) is 5. The van der Waals surface area contributed by atoms with Crippen LogP contribution in [0.15, 0.2) is 17.1 Å². The van der Waals surface area contributed by atoms with Gasteiger partial charge in [-0.05, 0) is 20.0 Å². The molecule has 4 heterocycles. The number of carbonyl (C=O) groups is 1. The molecule has 8 heteroatoms. The molecule has 2 saturated heterocycles. The molecule has 3 aliphatic rings. The highest BCUT2D eigenvalue weighted by Crippen LogP contribution is 2.45. The van der Waals surface area contributed by atoms with E-state index in [9.17, 15) is 19.1 Å². The molecular weight excluding hydrogens is 341 g/mol. The number of carboxylic acid groups (broad SMARTS) is 1. The molecule has 0 radical (unpaired) electrons. The quantitative estimate of drug-likeness (QED) is 0.815. The third-order valence-corrected chi connectivity index (χ3v) is 5.90. The average molecular weight is 359 g/mol. The number of ether oxygens (including phenoxy) is 1. The molecular formula is C18H18FN3O4. The maximum atomic E-state index is 15.0. The van der Waals surface area contributed by atoms with Crippen LogP contribution in [-0.2, 0) is 0 Å². The third kappa shape index (κ3) is 1.90.